The summed E-state index contributed by atoms with van der Waals surface area (Å²) in [7, 11) is 0. The van der Waals surface area contributed by atoms with Crippen LogP contribution in [-0.2, 0) is 4.79 Å². The van der Waals surface area contributed by atoms with Crippen LogP contribution in [0.3, 0.4) is 0 Å². The van der Waals surface area contributed by atoms with Crippen LogP contribution in [0.2, 0.25) is 0 Å². The molecule has 1 rings (SSSR count). The van der Waals surface area contributed by atoms with Gasteiger partial charge in [0.1, 0.15) is 0 Å². The summed E-state index contributed by atoms with van der Waals surface area (Å²) < 4.78 is 0. The van der Waals surface area contributed by atoms with Crippen LogP contribution >= 0.6 is 0 Å². The van der Waals surface area contributed by atoms with Crippen molar-refractivity contribution in [1.29, 1.82) is 0 Å². The summed E-state index contributed by atoms with van der Waals surface area (Å²) in [6.45, 7) is 5.47. The molecule has 1 amide bonds. The van der Waals surface area contributed by atoms with E-state index in [2.05, 4.69) is 0 Å². The SMILES string of the molecule is CC(C)(C)N(C(=O)O)C1CCCCC1=O. The topological polar surface area (TPSA) is 57.6 Å². The lowest BCUT2D eigenvalue weighted by Gasteiger charge is -2.40. The predicted octanol–water partition coefficient (Wildman–Crippen LogP) is 2.28. The Kier molecular flexibility index (Phi) is 3.37. The summed E-state index contributed by atoms with van der Waals surface area (Å²) in [5.41, 5.74) is -0.510. The average molecular weight is 213 g/mol. The third-order valence-corrected chi connectivity index (χ3v) is 2.76. The molecule has 86 valence electrons. The van der Waals surface area contributed by atoms with Crippen LogP contribution in [0.5, 0.6) is 0 Å². The molecule has 1 N–H and O–H groups in total. The van der Waals surface area contributed by atoms with Crippen LogP contribution in [0.1, 0.15) is 46.5 Å². The summed E-state index contributed by atoms with van der Waals surface area (Å²) >= 11 is 0. The van der Waals surface area contributed by atoms with Gasteiger partial charge in [-0.3, -0.25) is 9.69 Å². The highest BCUT2D eigenvalue weighted by Crippen LogP contribution is 2.26. The number of hydrogen-bond donors (Lipinski definition) is 1. The van der Waals surface area contributed by atoms with E-state index in [0.717, 1.165) is 12.8 Å². The second-order valence-corrected chi connectivity index (χ2v) is 5.05. The van der Waals surface area contributed by atoms with Crippen LogP contribution in [0, 0.1) is 0 Å². The normalized spacial score (nSPS) is 22.6. The van der Waals surface area contributed by atoms with Gasteiger partial charge in [-0.15, -0.1) is 0 Å². The first kappa shape index (κ1) is 12.0. The Bertz CT molecular complexity index is 267. The molecule has 0 spiro atoms. The van der Waals surface area contributed by atoms with Crippen molar-refractivity contribution < 1.29 is 14.7 Å². The van der Waals surface area contributed by atoms with Gasteiger partial charge in [-0.25, -0.2) is 4.79 Å². The Morgan fingerprint density at radius 2 is 2.00 bits per heavy atom. The molecule has 1 aliphatic carbocycles. The smallest absolute Gasteiger partial charge is 0.408 e. The van der Waals surface area contributed by atoms with Crippen molar-refractivity contribution in [2.75, 3.05) is 0 Å². The molecule has 1 atom stereocenters. The summed E-state index contributed by atoms with van der Waals surface area (Å²) in [4.78, 5) is 24.1. The van der Waals surface area contributed by atoms with Crippen LogP contribution in [-0.4, -0.2) is 33.5 Å². The minimum Gasteiger partial charge on any atom is -0.465 e. The summed E-state index contributed by atoms with van der Waals surface area (Å²) in [5.74, 6) is 0.0681. The Morgan fingerprint density at radius 3 is 2.40 bits per heavy atom. The second-order valence-electron chi connectivity index (χ2n) is 5.05. The van der Waals surface area contributed by atoms with Gasteiger partial charge in [-0.2, -0.15) is 0 Å². The van der Waals surface area contributed by atoms with Crippen molar-refractivity contribution in [3.8, 4) is 0 Å². The van der Waals surface area contributed by atoms with Crippen molar-refractivity contribution >= 4 is 11.9 Å². The number of carbonyl (C=O) groups is 2. The highest BCUT2D eigenvalue weighted by atomic mass is 16.4. The van der Waals surface area contributed by atoms with Crippen LogP contribution in [0.4, 0.5) is 4.79 Å². The molecule has 1 aliphatic rings. The largest absolute Gasteiger partial charge is 0.465 e. The van der Waals surface area contributed by atoms with Crippen molar-refractivity contribution in [1.82, 2.24) is 4.90 Å². The van der Waals surface area contributed by atoms with Crippen molar-refractivity contribution in [3.05, 3.63) is 0 Å². The van der Waals surface area contributed by atoms with E-state index in [-0.39, 0.29) is 5.78 Å². The minimum absolute atomic E-state index is 0.0681. The van der Waals surface area contributed by atoms with Gasteiger partial charge in [0.2, 0.25) is 0 Å². The number of amides is 1. The molecule has 15 heavy (non-hydrogen) atoms. The molecular weight excluding hydrogens is 194 g/mol. The molecule has 1 saturated carbocycles. The first-order valence-electron chi connectivity index (χ1n) is 5.39. The van der Waals surface area contributed by atoms with E-state index >= 15 is 0 Å². The molecule has 4 nitrogen and oxygen atoms in total. The Morgan fingerprint density at radius 1 is 1.40 bits per heavy atom. The zero-order valence-electron chi connectivity index (χ0n) is 9.62. The van der Waals surface area contributed by atoms with Gasteiger partial charge in [0, 0.05) is 12.0 Å². The molecular formula is C11H19NO3. The monoisotopic (exact) mass is 213 g/mol. The standard InChI is InChI=1S/C11H19NO3/c1-11(2,3)12(10(14)15)8-6-4-5-7-9(8)13/h8H,4-7H2,1-3H3,(H,14,15). The lowest BCUT2D eigenvalue weighted by atomic mass is 9.90. The molecule has 0 saturated heterocycles. The number of carbonyl (C=O) groups excluding carboxylic acids is 1. The van der Waals surface area contributed by atoms with E-state index in [1.807, 2.05) is 20.8 Å². The van der Waals surface area contributed by atoms with Gasteiger partial charge >= 0.3 is 6.09 Å². The molecule has 0 aromatic heterocycles. The van der Waals surface area contributed by atoms with Crippen molar-refractivity contribution in [2.24, 2.45) is 0 Å². The van der Waals surface area contributed by atoms with Crippen molar-refractivity contribution in [2.45, 2.75) is 58.0 Å². The minimum atomic E-state index is -0.997. The maximum absolute atomic E-state index is 11.7. The van der Waals surface area contributed by atoms with E-state index < -0.39 is 17.7 Å². The highest BCUT2D eigenvalue weighted by molar-refractivity contribution is 5.87. The van der Waals surface area contributed by atoms with Gasteiger partial charge in [-0.1, -0.05) is 6.42 Å². The van der Waals surface area contributed by atoms with Gasteiger partial charge < -0.3 is 5.11 Å². The Hall–Kier alpha value is -1.06. The number of nitrogens with zero attached hydrogens (tertiary/aromatic N) is 1. The average Bonchev–Trinajstić information content (AvgIpc) is 2.05. The summed E-state index contributed by atoms with van der Waals surface area (Å²) in [5, 5.41) is 9.15. The Balaban J connectivity index is 2.88. The second kappa shape index (κ2) is 4.21. The number of carboxylic acid groups (broad SMARTS) is 1. The summed E-state index contributed by atoms with van der Waals surface area (Å²) in [6, 6.07) is -0.434. The van der Waals surface area contributed by atoms with Gasteiger partial charge in [0.15, 0.2) is 5.78 Å². The molecule has 0 aromatic carbocycles. The molecule has 1 unspecified atom stereocenters. The number of rotatable bonds is 1. The third-order valence-electron chi connectivity index (χ3n) is 2.76. The molecule has 4 heteroatoms. The quantitative estimate of drug-likeness (QED) is 0.727. The highest BCUT2D eigenvalue weighted by Gasteiger charge is 2.37. The van der Waals surface area contributed by atoms with E-state index in [0.29, 0.717) is 12.8 Å². The number of ketones is 1. The summed E-state index contributed by atoms with van der Waals surface area (Å²) in [6.07, 6.45) is 2.03. The lowest BCUT2D eigenvalue weighted by Crippen LogP contribution is -2.54. The zero-order valence-corrected chi connectivity index (χ0v) is 9.62. The van der Waals surface area contributed by atoms with Gasteiger partial charge in [0.05, 0.1) is 6.04 Å². The van der Waals surface area contributed by atoms with E-state index in [4.69, 9.17) is 5.11 Å². The molecule has 0 bridgehead atoms. The predicted molar refractivity (Wildman–Crippen MR) is 56.9 cm³/mol. The van der Waals surface area contributed by atoms with Crippen LogP contribution in [0.15, 0.2) is 0 Å². The first-order chi connectivity index (χ1) is 6.84. The first-order valence-corrected chi connectivity index (χ1v) is 5.39. The fourth-order valence-electron chi connectivity index (χ4n) is 2.13. The number of Topliss-reactive ketones (excluding diaryl/α,β-unsaturated/α-hetero) is 1. The molecule has 1 fully saturated rings. The maximum atomic E-state index is 11.7. The maximum Gasteiger partial charge on any atom is 0.408 e. The fraction of sp³-hybridized carbons (Fsp3) is 0.818. The van der Waals surface area contributed by atoms with Gasteiger partial charge in [0.25, 0.3) is 0 Å². The molecule has 0 radical (unpaired) electrons. The fourth-order valence-corrected chi connectivity index (χ4v) is 2.13. The van der Waals surface area contributed by atoms with E-state index in [1.54, 1.807) is 0 Å². The molecule has 0 heterocycles. The molecule has 0 aromatic rings. The Labute approximate surface area is 90.3 Å². The molecule has 0 aliphatic heterocycles. The third kappa shape index (κ3) is 2.70. The van der Waals surface area contributed by atoms with Crippen molar-refractivity contribution in [3.63, 3.8) is 0 Å². The van der Waals surface area contributed by atoms with Gasteiger partial charge in [-0.05, 0) is 33.6 Å². The van der Waals surface area contributed by atoms with E-state index in [9.17, 15) is 9.59 Å². The van der Waals surface area contributed by atoms with Crippen LogP contribution in [0.25, 0.3) is 0 Å². The zero-order chi connectivity index (χ0) is 11.6. The van der Waals surface area contributed by atoms with E-state index in [1.165, 1.54) is 4.90 Å². The number of hydrogen-bond acceptors (Lipinski definition) is 2. The van der Waals surface area contributed by atoms with Crippen LogP contribution < -0.4 is 0 Å². The lowest BCUT2D eigenvalue weighted by molar-refractivity contribution is -0.127.